The molecule has 1 saturated carbocycles. The number of anilines is 1. The van der Waals surface area contributed by atoms with Gasteiger partial charge in [-0.15, -0.1) is 0 Å². The fraction of sp³-hybridized carbons (Fsp3) is 0.345. The maximum Gasteiger partial charge on any atom is 0.270 e. The smallest absolute Gasteiger partial charge is 0.270 e. The number of benzene rings is 2. The molecular formula is C29H33ClN4O3. The van der Waals surface area contributed by atoms with Crippen LogP contribution in [-0.4, -0.2) is 61.1 Å². The predicted molar refractivity (Wildman–Crippen MR) is 149 cm³/mol. The number of hydrogen-bond donors (Lipinski definition) is 2. The van der Waals surface area contributed by atoms with Crippen LogP contribution in [-0.2, 0) is 9.53 Å². The number of likely N-dealkylation sites (N-methyl/N-ethyl adjacent to an activating group) is 1. The lowest BCUT2D eigenvalue weighted by Gasteiger charge is -2.34. The van der Waals surface area contributed by atoms with Crippen molar-refractivity contribution in [1.29, 1.82) is 0 Å². The minimum Gasteiger partial charge on any atom is -0.383 e. The van der Waals surface area contributed by atoms with E-state index in [4.69, 9.17) is 16.3 Å². The summed E-state index contributed by atoms with van der Waals surface area (Å²) in [6, 6.07) is 15.6. The van der Waals surface area contributed by atoms with Gasteiger partial charge in [-0.05, 0) is 68.5 Å². The number of halogens is 1. The number of amides is 2. The molecule has 3 aromatic rings. The molecule has 194 valence electrons. The molecule has 1 aliphatic rings. The summed E-state index contributed by atoms with van der Waals surface area (Å²) in [5.74, 6) is -0.506. The molecule has 0 spiro atoms. The lowest BCUT2D eigenvalue weighted by molar-refractivity contribution is -0.111. The first-order chi connectivity index (χ1) is 17.9. The topological polar surface area (TPSA) is 83.6 Å². The molecule has 0 atom stereocenters. The Morgan fingerprint density at radius 2 is 1.92 bits per heavy atom. The number of nitrogens with zero attached hydrogens (tertiary/aromatic N) is 2. The minimum atomic E-state index is -0.341. The van der Waals surface area contributed by atoms with Gasteiger partial charge in [-0.2, -0.15) is 0 Å². The van der Waals surface area contributed by atoms with Crippen molar-refractivity contribution in [2.24, 2.45) is 0 Å². The number of rotatable bonds is 9. The molecule has 1 heterocycles. The predicted octanol–water partition coefficient (Wildman–Crippen LogP) is 5.30. The van der Waals surface area contributed by atoms with Gasteiger partial charge in [-0.1, -0.05) is 42.4 Å². The number of aromatic nitrogens is 1. The molecule has 1 aliphatic carbocycles. The third-order valence-electron chi connectivity index (χ3n) is 6.99. The summed E-state index contributed by atoms with van der Waals surface area (Å²) >= 11 is 6.38. The highest BCUT2D eigenvalue weighted by Crippen LogP contribution is 2.34. The quantitative estimate of drug-likeness (QED) is 0.374. The van der Waals surface area contributed by atoms with E-state index in [0.717, 1.165) is 55.2 Å². The third kappa shape index (κ3) is 6.55. The third-order valence-corrected chi connectivity index (χ3v) is 7.30. The molecule has 0 unspecified atom stereocenters. The maximum atomic E-state index is 13.0. The van der Waals surface area contributed by atoms with Gasteiger partial charge >= 0.3 is 0 Å². The summed E-state index contributed by atoms with van der Waals surface area (Å²) in [6.45, 7) is 5.15. The molecule has 2 aromatic carbocycles. The van der Waals surface area contributed by atoms with Crippen molar-refractivity contribution in [1.82, 2.24) is 15.2 Å². The fourth-order valence-electron chi connectivity index (χ4n) is 4.81. The van der Waals surface area contributed by atoms with Crippen LogP contribution in [0.25, 0.3) is 22.0 Å². The largest absolute Gasteiger partial charge is 0.383 e. The van der Waals surface area contributed by atoms with Crippen molar-refractivity contribution in [2.75, 3.05) is 32.6 Å². The highest BCUT2D eigenvalue weighted by atomic mass is 35.5. The van der Waals surface area contributed by atoms with E-state index in [1.54, 1.807) is 19.2 Å². The van der Waals surface area contributed by atoms with Crippen molar-refractivity contribution in [3.05, 3.63) is 71.9 Å². The molecule has 2 amide bonds. The second kappa shape index (κ2) is 12.3. The number of nitrogens with one attached hydrogen (secondary N) is 2. The fourth-order valence-corrected chi connectivity index (χ4v) is 5.03. The van der Waals surface area contributed by atoms with Crippen molar-refractivity contribution in [3.63, 3.8) is 0 Å². The molecule has 4 rings (SSSR count). The molecule has 37 heavy (non-hydrogen) atoms. The van der Waals surface area contributed by atoms with Gasteiger partial charge in [-0.25, -0.2) is 4.98 Å². The molecule has 0 radical (unpaired) electrons. The van der Waals surface area contributed by atoms with E-state index < -0.39 is 0 Å². The van der Waals surface area contributed by atoms with E-state index in [2.05, 4.69) is 34.1 Å². The highest BCUT2D eigenvalue weighted by molar-refractivity contribution is 6.35. The van der Waals surface area contributed by atoms with Crippen LogP contribution >= 0.6 is 11.6 Å². The van der Waals surface area contributed by atoms with Gasteiger partial charge in [0.15, 0.2) is 0 Å². The van der Waals surface area contributed by atoms with E-state index in [9.17, 15) is 9.59 Å². The van der Waals surface area contributed by atoms with E-state index in [-0.39, 0.29) is 17.9 Å². The first kappa shape index (κ1) is 26.8. The zero-order valence-corrected chi connectivity index (χ0v) is 22.1. The van der Waals surface area contributed by atoms with Gasteiger partial charge in [0, 0.05) is 36.7 Å². The monoisotopic (exact) mass is 520 g/mol. The van der Waals surface area contributed by atoms with Crippen LogP contribution in [0, 0.1) is 0 Å². The highest BCUT2D eigenvalue weighted by Gasteiger charge is 2.25. The summed E-state index contributed by atoms with van der Waals surface area (Å²) in [4.78, 5) is 32.0. The van der Waals surface area contributed by atoms with Gasteiger partial charge in [0.2, 0.25) is 5.91 Å². The standard InChI is InChI=1S/C29H33ClN4O3/c1-4-27(35)33-28-23-18-20(9-8-19(23)10-15-24(28)30)25-6-5-7-26(32-25)29(36)31-21-11-13-22(14-12-21)34(2)16-17-37-3/h4-10,15,18,21-22H,1,11-14,16-17H2,2-3H3,(H,31,36)(H,33,35). The normalized spacial score (nSPS) is 17.5. The molecule has 7 nitrogen and oxygen atoms in total. The number of ether oxygens (including phenoxy) is 1. The lowest BCUT2D eigenvalue weighted by Crippen LogP contribution is -2.43. The average molecular weight is 521 g/mol. The lowest BCUT2D eigenvalue weighted by atomic mass is 9.90. The summed E-state index contributed by atoms with van der Waals surface area (Å²) in [7, 11) is 3.86. The van der Waals surface area contributed by atoms with Crippen LogP contribution in [0.5, 0.6) is 0 Å². The van der Waals surface area contributed by atoms with Gasteiger partial charge in [-0.3, -0.25) is 9.59 Å². The number of carbonyl (C=O) groups is 2. The van der Waals surface area contributed by atoms with E-state index in [1.165, 1.54) is 6.08 Å². The average Bonchev–Trinajstić information content (AvgIpc) is 2.93. The Bertz CT molecular complexity index is 1290. The summed E-state index contributed by atoms with van der Waals surface area (Å²) in [5.41, 5.74) is 2.38. The molecule has 0 aliphatic heterocycles. The van der Waals surface area contributed by atoms with Crippen molar-refractivity contribution >= 4 is 39.9 Å². The maximum absolute atomic E-state index is 13.0. The molecule has 2 N–H and O–H groups in total. The van der Waals surface area contributed by atoms with Crippen molar-refractivity contribution in [2.45, 2.75) is 37.8 Å². The molecule has 1 fully saturated rings. The summed E-state index contributed by atoms with van der Waals surface area (Å²) in [6.07, 6.45) is 5.18. The Labute approximate surface area is 222 Å². The van der Waals surface area contributed by atoms with E-state index in [1.807, 2.05) is 36.4 Å². The minimum absolute atomic E-state index is 0.142. The number of carbonyl (C=O) groups excluding carboxylic acids is 2. The van der Waals surface area contributed by atoms with Crippen LogP contribution in [0.15, 0.2) is 61.2 Å². The van der Waals surface area contributed by atoms with Gasteiger partial charge in [0.1, 0.15) is 5.69 Å². The number of pyridine rings is 1. The van der Waals surface area contributed by atoms with Crippen molar-refractivity contribution < 1.29 is 14.3 Å². The summed E-state index contributed by atoms with van der Waals surface area (Å²) in [5, 5.41) is 8.10. The first-order valence-corrected chi connectivity index (χ1v) is 12.9. The Kier molecular flexibility index (Phi) is 8.92. The molecule has 1 aromatic heterocycles. The van der Waals surface area contributed by atoms with E-state index in [0.29, 0.717) is 28.1 Å². The van der Waals surface area contributed by atoms with Crippen LogP contribution < -0.4 is 10.6 Å². The van der Waals surface area contributed by atoms with Crippen LogP contribution in [0.2, 0.25) is 5.02 Å². The molecule has 0 saturated heterocycles. The number of fused-ring (bicyclic) bond motifs is 1. The van der Waals surface area contributed by atoms with Gasteiger partial charge in [0.25, 0.3) is 5.91 Å². The molecule has 0 bridgehead atoms. The second-order valence-corrected chi connectivity index (χ2v) is 9.82. The Balaban J connectivity index is 1.48. The first-order valence-electron chi connectivity index (χ1n) is 12.5. The van der Waals surface area contributed by atoms with Crippen LogP contribution in [0.3, 0.4) is 0 Å². The van der Waals surface area contributed by atoms with Crippen LogP contribution in [0.4, 0.5) is 5.69 Å². The van der Waals surface area contributed by atoms with Crippen LogP contribution in [0.1, 0.15) is 36.2 Å². The van der Waals surface area contributed by atoms with Gasteiger partial charge in [0.05, 0.1) is 23.0 Å². The van der Waals surface area contributed by atoms with E-state index >= 15 is 0 Å². The molecular weight excluding hydrogens is 488 g/mol. The Morgan fingerprint density at radius 1 is 1.16 bits per heavy atom. The zero-order chi connectivity index (χ0) is 26.4. The Hall–Kier alpha value is -3.26. The Morgan fingerprint density at radius 3 is 2.65 bits per heavy atom. The number of hydrogen-bond acceptors (Lipinski definition) is 5. The molecule has 8 heteroatoms. The van der Waals surface area contributed by atoms with Gasteiger partial charge < -0.3 is 20.3 Å². The number of methoxy groups -OCH3 is 1. The SMILES string of the molecule is C=CC(=O)Nc1c(Cl)ccc2ccc(-c3cccc(C(=O)NC4CCC(N(C)CCOC)CC4)n3)cc12. The van der Waals surface area contributed by atoms with Crippen molar-refractivity contribution in [3.8, 4) is 11.3 Å². The zero-order valence-electron chi connectivity index (χ0n) is 21.3. The summed E-state index contributed by atoms with van der Waals surface area (Å²) < 4.78 is 5.19. The second-order valence-electron chi connectivity index (χ2n) is 9.41.